The van der Waals surface area contributed by atoms with Gasteiger partial charge < -0.3 is 15.5 Å². The van der Waals surface area contributed by atoms with Crippen molar-refractivity contribution in [2.75, 3.05) is 44.7 Å². The summed E-state index contributed by atoms with van der Waals surface area (Å²) in [5, 5.41) is 7.95. The molecule has 1 aromatic carbocycles. The van der Waals surface area contributed by atoms with Crippen LogP contribution in [0.4, 0.5) is 5.69 Å². The van der Waals surface area contributed by atoms with Crippen LogP contribution in [0.25, 0.3) is 0 Å². The number of nitrogens with one attached hydrogen (secondary N) is 2. The second-order valence-electron chi connectivity index (χ2n) is 6.47. The third kappa shape index (κ3) is 3.71. The first kappa shape index (κ1) is 15.1. The molecule has 1 atom stereocenters. The van der Waals surface area contributed by atoms with Crippen LogP contribution >= 0.6 is 11.6 Å². The molecule has 3 rings (SSSR count). The summed E-state index contributed by atoms with van der Waals surface area (Å²) in [6.07, 6.45) is 3.83. The fourth-order valence-corrected chi connectivity index (χ4v) is 3.82. The van der Waals surface area contributed by atoms with E-state index in [1.165, 1.54) is 50.1 Å². The Bertz CT molecular complexity index is 471. The quantitative estimate of drug-likeness (QED) is 0.819. The van der Waals surface area contributed by atoms with Gasteiger partial charge in [0.05, 0.1) is 0 Å². The van der Waals surface area contributed by atoms with Crippen molar-refractivity contribution in [1.82, 2.24) is 10.6 Å². The number of fused-ring (bicyclic) bond motifs is 1. The number of likely N-dealkylation sites (N-methyl/N-ethyl adjacent to an activating group) is 1. The molecular formula is C17H26ClN3. The number of hydrogen-bond donors (Lipinski definition) is 2. The van der Waals surface area contributed by atoms with Crippen LogP contribution in [0.15, 0.2) is 18.2 Å². The van der Waals surface area contributed by atoms with Gasteiger partial charge in [-0.1, -0.05) is 11.6 Å². The number of anilines is 1. The molecule has 2 N–H and O–H groups in total. The molecule has 1 unspecified atom stereocenters. The van der Waals surface area contributed by atoms with Crippen molar-refractivity contribution >= 4 is 17.3 Å². The molecule has 0 bridgehead atoms. The summed E-state index contributed by atoms with van der Waals surface area (Å²) < 4.78 is 0. The molecule has 2 aliphatic rings. The molecule has 2 heterocycles. The molecule has 4 heteroatoms. The van der Waals surface area contributed by atoms with E-state index in [-0.39, 0.29) is 0 Å². The first-order valence-corrected chi connectivity index (χ1v) is 8.54. The lowest BCUT2D eigenvalue weighted by Crippen LogP contribution is -2.34. The van der Waals surface area contributed by atoms with Crippen molar-refractivity contribution in [2.24, 2.45) is 5.92 Å². The zero-order valence-corrected chi connectivity index (χ0v) is 13.6. The Morgan fingerprint density at radius 3 is 2.95 bits per heavy atom. The normalized spacial score (nSPS) is 22.6. The first-order chi connectivity index (χ1) is 10.2. The van der Waals surface area contributed by atoms with E-state index < -0.39 is 0 Å². The fourth-order valence-electron chi connectivity index (χ4n) is 3.64. The zero-order chi connectivity index (χ0) is 14.7. The van der Waals surface area contributed by atoms with Crippen LogP contribution in [0.2, 0.25) is 5.02 Å². The van der Waals surface area contributed by atoms with E-state index >= 15 is 0 Å². The summed E-state index contributed by atoms with van der Waals surface area (Å²) in [7, 11) is 2.18. The minimum Gasteiger partial charge on any atom is -0.374 e. The summed E-state index contributed by atoms with van der Waals surface area (Å²) in [5.74, 6) is 1.48. The van der Waals surface area contributed by atoms with Gasteiger partial charge in [-0.05, 0) is 75.1 Å². The van der Waals surface area contributed by atoms with E-state index in [1.54, 1.807) is 0 Å². The average Bonchev–Trinajstić information content (AvgIpc) is 2.80. The van der Waals surface area contributed by atoms with E-state index in [0.29, 0.717) is 5.92 Å². The summed E-state index contributed by atoms with van der Waals surface area (Å²) in [6, 6.07) is 6.30. The summed E-state index contributed by atoms with van der Waals surface area (Å²) in [6.45, 7) is 5.77. The van der Waals surface area contributed by atoms with Gasteiger partial charge in [-0.2, -0.15) is 0 Å². The molecule has 0 aliphatic carbocycles. The number of halogens is 1. The molecule has 1 fully saturated rings. The highest BCUT2D eigenvalue weighted by atomic mass is 35.5. The highest BCUT2D eigenvalue weighted by Crippen LogP contribution is 2.38. The van der Waals surface area contributed by atoms with Gasteiger partial charge in [0.1, 0.15) is 0 Å². The molecule has 0 aromatic heterocycles. The lowest BCUT2D eigenvalue weighted by atomic mass is 9.96. The van der Waals surface area contributed by atoms with Gasteiger partial charge in [-0.15, -0.1) is 0 Å². The zero-order valence-electron chi connectivity index (χ0n) is 12.9. The molecule has 0 saturated carbocycles. The standard InChI is InChI=1S/C17H26ClN3/c1-21-12-14(16-10-15(18)2-3-17(16)21)6-9-20-11-13-4-7-19-8-5-13/h2-3,10,13-14,19-20H,4-9,11-12H2,1H3. The lowest BCUT2D eigenvalue weighted by molar-refractivity contribution is 0.355. The SMILES string of the molecule is CN1CC(CCNCC2CCNCC2)c2cc(Cl)ccc21. The Kier molecular flexibility index (Phi) is 5.04. The van der Waals surface area contributed by atoms with Crippen molar-refractivity contribution in [3.8, 4) is 0 Å². The third-order valence-electron chi connectivity index (χ3n) is 4.90. The van der Waals surface area contributed by atoms with Crippen molar-refractivity contribution in [3.63, 3.8) is 0 Å². The molecule has 3 nitrogen and oxygen atoms in total. The molecule has 1 saturated heterocycles. The highest BCUT2D eigenvalue weighted by molar-refractivity contribution is 6.30. The Labute approximate surface area is 133 Å². The number of piperidine rings is 1. The Morgan fingerprint density at radius 2 is 2.14 bits per heavy atom. The summed E-state index contributed by atoms with van der Waals surface area (Å²) >= 11 is 6.16. The average molecular weight is 308 g/mol. The van der Waals surface area contributed by atoms with E-state index in [1.807, 2.05) is 6.07 Å². The first-order valence-electron chi connectivity index (χ1n) is 8.16. The third-order valence-corrected chi connectivity index (χ3v) is 5.13. The van der Waals surface area contributed by atoms with Crippen molar-refractivity contribution < 1.29 is 0 Å². The second kappa shape index (κ2) is 6.99. The minimum absolute atomic E-state index is 0.615. The maximum Gasteiger partial charge on any atom is 0.0410 e. The van der Waals surface area contributed by atoms with Gasteiger partial charge in [0, 0.05) is 30.2 Å². The van der Waals surface area contributed by atoms with Gasteiger partial charge >= 0.3 is 0 Å². The van der Waals surface area contributed by atoms with Crippen LogP contribution in [-0.4, -0.2) is 39.8 Å². The van der Waals surface area contributed by atoms with E-state index in [4.69, 9.17) is 11.6 Å². The van der Waals surface area contributed by atoms with Crippen LogP contribution < -0.4 is 15.5 Å². The van der Waals surface area contributed by atoms with Gasteiger partial charge in [0.25, 0.3) is 0 Å². The van der Waals surface area contributed by atoms with Gasteiger partial charge in [-0.25, -0.2) is 0 Å². The van der Waals surface area contributed by atoms with Crippen LogP contribution in [0.3, 0.4) is 0 Å². The summed E-state index contributed by atoms with van der Waals surface area (Å²) in [4.78, 5) is 2.35. The molecule has 0 radical (unpaired) electrons. The molecule has 116 valence electrons. The van der Waals surface area contributed by atoms with Gasteiger partial charge in [0.15, 0.2) is 0 Å². The fraction of sp³-hybridized carbons (Fsp3) is 0.647. The number of benzene rings is 1. The van der Waals surface area contributed by atoms with Crippen molar-refractivity contribution in [2.45, 2.75) is 25.2 Å². The Morgan fingerprint density at radius 1 is 1.33 bits per heavy atom. The van der Waals surface area contributed by atoms with E-state index in [0.717, 1.165) is 24.0 Å². The topological polar surface area (TPSA) is 27.3 Å². The lowest BCUT2D eigenvalue weighted by Gasteiger charge is -2.23. The van der Waals surface area contributed by atoms with Crippen molar-refractivity contribution in [1.29, 1.82) is 0 Å². The maximum absolute atomic E-state index is 6.16. The number of rotatable bonds is 5. The van der Waals surface area contributed by atoms with E-state index in [9.17, 15) is 0 Å². The molecule has 0 amide bonds. The van der Waals surface area contributed by atoms with Gasteiger partial charge in [-0.3, -0.25) is 0 Å². The summed E-state index contributed by atoms with van der Waals surface area (Å²) in [5.41, 5.74) is 2.77. The Balaban J connectivity index is 1.47. The molecule has 0 spiro atoms. The van der Waals surface area contributed by atoms with Gasteiger partial charge in [0.2, 0.25) is 0 Å². The smallest absolute Gasteiger partial charge is 0.0410 e. The molecule has 21 heavy (non-hydrogen) atoms. The maximum atomic E-state index is 6.16. The van der Waals surface area contributed by atoms with Crippen molar-refractivity contribution in [3.05, 3.63) is 28.8 Å². The van der Waals surface area contributed by atoms with Crippen LogP contribution in [0.5, 0.6) is 0 Å². The molecule has 1 aromatic rings. The minimum atomic E-state index is 0.615. The second-order valence-corrected chi connectivity index (χ2v) is 6.90. The van der Waals surface area contributed by atoms with Crippen LogP contribution in [0, 0.1) is 5.92 Å². The van der Waals surface area contributed by atoms with E-state index in [2.05, 4.69) is 34.7 Å². The predicted molar refractivity (Wildman–Crippen MR) is 90.5 cm³/mol. The molecular weight excluding hydrogens is 282 g/mol. The van der Waals surface area contributed by atoms with Crippen LogP contribution in [-0.2, 0) is 0 Å². The largest absolute Gasteiger partial charge is 0.374 e. The number of hydrogen-bond acceptors (Lipinski definition) is 3. The Hall–Kier alpha value is -0.770. The predicted octanol–water partition coefficient (Wildman–Crippen LogP) is 2.85. The monoisotopic (exact) mass is 307 g/mol. The van der Waals surface area contributed by atoms with Crippen LogP contribution in [0.1, 0.15) is 30.7 Å². The molecule has 2 aliphatic heterocycles. The number of nitrogens with zero attached hydrogens (tertiary/aromatic N) is 1. The highest BCUT2D eigenvalue weighted by Gasteiger charge is 2.26.